The lowest BCUT2D eigenvalue weighted by atomic mass is 10.0. The largest absolute Gasteiger partial charge is 0.493 e. The normalized spacial score (nSPS) is 12.3. The summed E-state index contributed by atoms with van der Waals surface area (Å²) in [6.45, 7) is 2.75. The van der Waals surface area contributed by atoms with E-state index in [4.69, 9.17) is 9.84 Å². The van der Waals surface area contributed by atoms with E-state index < -0.39 is 30.2 Å². The highest BCUT2D eigenvalue weighted by molar-refractivity contribution is 5.93. The van der Waals surface area contributed by atoms with E-state index in [2.05, 4.69) is 5.32 Å². The first-order valence-corrected chi connectivity index (χ1v) is 10.6. The van der Waals surface area contributed by atoms with Gasteiger partial charge in [0.2, 0.25) is 5.91 Å². The Bertz CT molecular complexity index is 1080. The molecule has 7 heteroatoms. The Morgan fingerprint density at radius 2 is 1.67 bits per heavy atom. The van der Waals surface area contributed by atoms with Gasteiger partial charge >= 0.3 is 6.18 Å². The maximum Gasteiger partial charge on any atom is 0.420 e. The monoisotopic (exact) mass is 457 g/mol. The second-order valence-corrected chi connectivity index (χ2v) is 7.90. The van der Waals surface area contributed by atoms with Crippen LogP contribution in [0.3, 0.4) is 0 Å². The molecule has 174 valence electrons. The molecule has 1 atom stereocenters. The van der Waals surface area contributed by atoms with Crippen molar-refractivity contribution in [2.75, 3.05) is 18.5 Å². The number of anilines is 1. The molecule has 0 saturated heterocycles. The summed E-state index contributed by atoms with van der Waals surface area (Å²) in [6, 6.07) is 19.9. The number of carbonyl (C=O) groups is 1. The minimum absolute atomic E-state index is 0.0384. The molecule has 0 unspecified atom stereocenters. The van der Waals surface area contributed by atoms with Crippen LogP contribution in [-0.4, -0.2) is 24.2 Å². The number of aliphatic hydroxyl groups is 1. The molecule has 0 aliphatic rings. The third-order valence-corrected chi connectivity index (χ3v) is 5.32. The van der Waals surface area contributed by atoms with Crippen molar-refractivity contribution in [3.05, 3.63) is 83.4 Å². The molecule has 3 aromatic carbocycles. The zero-order valence-corrected chi connectivity index (χ0v) is 18.4. The molecule has 2 N–H and O–H groups in total. The van der Waals surface area contributed by atoms with Crippen molar-refractivity contribution in [3.8, 4) is 16.9 Å². The highest BCUT2D eigenvalue weighted by Gasteiger charge is 2.35. The number of hydrogen-bond acceptors (Lipinski definition) is 3. The number of benzene rings is 3. The van der Waals surface area contributed by atoms with Gasteiger partial charge in [0.15, 0.2) is 0 Å². The fourth-order valence-electron chi connectivity index (χ4n) is 3.27. The summed E-state index contributed by atoms with van der Waals surface area (Å²) in [7, 11) is 0. The molecule has 0 aliphatic carbocycles. The molecule has 0 aromatic heterocycles. The van der Waals surface area contributed by atoms with Crippen molar-refractivity contribution in [2.45, 2.75) is 26.4 Å². The van der Waals surface area contributed by atoms with E-state index in [1.165, 1.54) is 13.0 Å². The van der Waals surface area contributed by atoms with Gasteiger partial charge in [-0.1, -0.05) is 61.5 Å². The molecule has 0 bridgehead atoms. The van der Waals surface area contributed by atoms with Gasteiger partial charge in [-0.2, -0.15) is 13.2 Å². The summed E-state index contributed by atoms with van der Waals surface area (Å²) >= 11 is 0. The van der Waals surface area contributed by atoms with Gasteiger partial charge < -0.3 is 15.2 Å². The van der Waals surface area contributed by atoms with Crippen LogP contribution in [0.5, 0.6) is 5.75 Å². The van der Waals surface area contributed by atoms with Crippen molar-refractivity contribution in [1.82, 2.24) is 0 Å². The van der Waals surface area contributed by atoms with Gasteiger partial charge in [0, 0.05) is 12.1 Å². The number of alkyl halides is 3. The molecular weight excluding hydrogens is 431 g/mol. The molecule has 33 heavy (non-hydrogen) atoms. The summed E-state index contributed by atoms with van der Waals surface area (Å²) in [5.41, 5.74) is 2.61. The Balaban J connectivity index is 1.71. The lowest BCUT2D eigenvalue weighted by Gasteiger charge is -2.18. The van der Waals surface area contributed by atoms with Crippen molar-refractivity contribution < 1.29 is 27.8 Å². The van der Waals surface area contributed by atoms with Gasteiger partial charge in [-0.05, 0) is 41.3 Å². The SMILES string of the molecule is Cc1cc(OCCc2ccc(-c3ccccc3)cc2)c(C(F)(F)F)cc1NC(=O)[C@@H](C)CO. The van der Waals surface area contributed by atoms with Gasteiger partial charge in [-0.3, -0.25) is 4.79 Å². The number of aliphatic hydroxyl groups excluding tert-OH is 1. The van der Waals surface area contributed by atoms with Crippen LogP contribution in [0.25, 0.3) is 11.1 Å². The molecule has 1 amide bonds. The Morgan fingerprint density at radius 3 is 2.27 bits per heavy atom. The second kappa shape index (κ2) is 10.5. The molecule has 3 rings (SSSR count). The fourth-order valence-corrected chi connectivity index (χ4v) is 3.27. The van der Waals surface area contributed by atoms with E-state index in [1.54, 1.807) is 6.92 Å². The number of nitrogens with one attached hydrogen (secondary N) is 1. The number of amides is 1. The lowest BCUT2D eigenvalue weighted by molar-refractivity contribution is -0.139. The average Bonchev–Trinajstić information content (AvgIpc) is 2.80. The quantitative estimate of drug-likeness (QED) is 0.445. The minimum atomic E-state index is -4.65. The van der Waals surface area contributed by atoms with Crippen molar-refractivity contribution >= 4 is 11.6 Å². The fraction of sp³-hybridized carbons (Fsp3) is 0.269. The Labute approximate surface area is 191 Å². The van der Waals surface area contributed by atoms with Crippen molar-refractivity contribution in [2.24, 2.45) is 5.92 Å². The Hall–Kier alpha value is -3.32. The van der Waals surface area contributed by atoms with Gasteiger partial charge in [0.25, 0.3) is 0 Å². The number of ether oxygens (including phenoxy) is 1. The molecule has 4 nitrogen and oxygen atoms in total. The summed E-state index contributed by atoms with van der Waals surface area (Å²) < 4.78 is 46.5. The first kappa shape index (κ1) is 24.3. The molecule has 0 heterocycles. The van der Waals surface area contributed by atoms with Gasteiger partial charge in [-0.15, -0.1) is 0 Å². The predicted molar refractivity (Wildman–Crippen MR) is 122 cm³/mol. The molecule has 0 aliphatic heterocycles. The third kappa shape index (κ3) is 6.35. The lowest BCUT2D eigenvalue weighted by Crippen LogP contribution is -2.24. The predicted octanol–water partition coefficient (Wildman–Crippen LogP) is 5.87. The van der Waals surface area contributed by atoms with E-state index in [-0.39, 0.29) is 18.0 Å². The van der Waals surface area contributed by atoms with E-state index in [0.29, 0.717) is 12.0 Å². The number of carbonyl (C=O) groups excluding carboxylic acids is 1. The average molecular weight is 457 g/mol. The van der Waals surface area contributed by atoms with Crippen LogP contribution in [0, 0.1) is 12.8 Å². The summed E-state index contributed by atoms with van der Waals surface area (Å²) in [5.74, 6) is -1.57. The van der Waals surface area contributed by atoms with Crippen LogP contribution in [-0.2, 0) is 17.4 Å². The number of halogens is 3. The summed E-state index contributed by atoms with van der Waals surface area (Å²) in [6.07, 6.45) is -4.21. The third-order valence-electron chi connectivity index (χ3n) is 5.32. The highest BCUT2D eigenvalue weighted by Crippen LogP contribution is 2.39. The molecule has 0 spiro atoms. The number of rotatable bonds is 8. The number of hydrogen-bond donors (Lipinski definition) is 2. The first-order chi connectivity index (χ1) is 15.7. The highest BCUT2D eigenvalue weighted by atomic mass is 19.4. The Morgan fingerprint density at radius 1 is 1.03 bits per heavy atom. The van der Waals surface area contributed by atoms with Crippen LogP contribution in [0.2, 0.25) is 0 Å². The van der Waals surface area contributed by atoms with E-state index in [0.717, 1.165) is 22.8 Å². The summed E-state index contributed by atoms with van der Waals surface area (Å²) in [4.78, 5) is 12.0. The topological polar surface area (TPSA) is 58.6 Å². The zero-order valence-electron chi connectivity index (χ0n) is 18.4. The second-order valence-electron chi connectivity index (χ2n) is 7.90. The molecular formula is C26H26F3NO3. The van der Waals surface area contributed by atoms with E-state index in [1.807, 2.05) is 54.6 Å². The van der Waals surface area contributed by atoms with Crippen LogP contribution < -0.4 is 10.1 Å². The summed E-state index contributed by atoms with van der Waals surface area (Å²) in [5, 5.41) is 11.5. The molecule has 0 fully saturated rings. The first-order valence-electron chi connectivity index (χ1n) is 10.6. The minimum Gasteiger partial charge on any atom is -0.493 e. The van der Waals surface area contributed by atoms with Crippen LogP contribution in [0.1, 0.15) is 23.6 Å². The number of aryl methyl sites for hydroxylation is 1. The van der Waals surface area contributed by atoms with E-state index in [9.17, 15) is 18.0 Å². The van der Waals surface area contributed by atoms with Gasteiger partial charge in [0.05, 0.1) is 24.7 Å². The van der Waals surface area contributed by atoms with Gasteiger partial charge in [-0.25, -0.2) is 0 Å². The standard InChI is InChI=1S/C26H26F3NO3/c1-17-14-24(22(26(27,28)29)15-23(17)30-25(32)18(2)16-31)33-13-12-19-8-10-21(11-9-19)20-6-4-3-5-7-20/h3-11,14-15,18,31H,12-13,16H2,1-2H3,(H,30,32)/t18-/m0/s1. The van der Waals surface area contributed by atoms with Crippen molar-refractivity contribution in [1.29, 1.82) is 0 Å². The van der Waals surface area contributed by atoms with E-state index >= 15 is 0 Å². The Kier molecular flexibility index (Phi) is 7.76. The van der Waals surface area contributed by atoms with Crippen LogP contribution >= 0.6 is 0 Å². The maximum atomic E-state index is 13.6. The zero-order chi connectivity index (χ0) is 24.0. The molecule has 0 radical (unpaired) electrons. The molecule has 0 saturated carbocycles. The van der Waals surface area contributed by atoms with Crippen LogP contribution in [0.4, 0.5) is 18.9 Å². The smallest absolute Gasteiger partial charge is 0.420 e. The van der Waals surface area contributed by atoms with Gasteiger partial charge in [0.1, 0.15) is 5.75 Å². The maximum absolute atomic E-state index is 13.6. The van der Waals surface area contributed by atoms with Crippen molar-refractivity contribution in [3.63, 3.8) is 0 Å². The van der Waals surface area contributed by atoms with Crippen LogP contribution in [0.15, 0.2) is 66.7 Å². The molecule has 3 aromatic rings.